The molecule has 0 saturated heterocycles. The van der Waals surface area contributed by atoms with Crippen LogP contribution in [0.5, 0.6) is 5.75 Å². The minimum absolute atomic E-state index is 0.373. The zero-order valence-corrected chi connectivity index (χ0v) is 17.8. The molecule has 0 N–H and O–H groups in total. The number of carbonyl (C=O) groups is 2. The Morgan fingerprint density at radius 1 is 1.07 bits per heavy atom. The predicted octanol–water partition coefficient (Wildman–Crippen LogP) is 4.72. The molecule has 1 aromatic heterocycles. The average molecular weight is 407 g/mol. The second-order valence-corrected chi connectivity index (χ2v) is 7.38. The summed E-state index contributed by atoms with van der Waals surface area (Å²) in [6.45, 7) is 7.53. The molecule has 0 radical (unpaired) electrons. The van der Waals surface area contributed by atoms with Crippen molar-refractivity contribution in [2.75, 3.05) is 13.7 Å². The van der Waals surface area contributed by atoms with Gasteiger partial charge in [0.2, 0.25) is 0 Å². The summed E-state index contributed by atoms with van der Waals surface area (Å²) in [5, 5.41) is 0.864. The van der Waals surface area contributed by atoms with Gasteiger partial charge in [0.1, 0.15) is 5.75 Å². The lowest BCUT2D eigenvalue weighted by Gasteiger charge is -2.22. The number of fused-ring (bicyclic) bond motifs is 1. The summed E-state index contributed by atoms with van der Waals surface area (Å²) in [6, 6.07) is 14.4. The van der Waals surface area contributed by atoms with Gasteiger partial charge >= 0.3 is 11.9 Å². The molecule has 3 rings (SSSR count). The van der Waals surface area contributed by atoms with Crippen molar-refractivity contribution in [1.29, 1.82) is 0 Å². The van der Waals surface area contributed by atoms with Crippen molar-refractivity contribution in [1.82, 2.24) is 4.98 Å². The van der Waals surface area contributed by atoms with Gasteiger partial charge in [-0.2, -0.15) is 0 Å². The minimum atomic E-state index is -1.04. The van der Waals surface area contributed by atoms with Gasteiger partial charge in [0.15, 0.2) is 5.60 Å². The number of aromatic nitrogens is 1. The van der Waals surface area contributed by atoms with Crippen LogP contribution in [0.25, 0.3) is 22.2 Å². The van der Waals surface area contributed by atoms with Crippen LogP contribution in [0.4, 0.5) is 0 Å². The molecule has 1 heterocycles. The maximum Gasteiger partial charge on any atom is 0.343 e. The van der Waals surface area contributed by atoms with Gasteiger partial charge in [0, 0.05) is 17.6 Å². The molecule has 30 heavy (non-hydrogen) atoms. The molecule has 156 valence electrons. The Bertz CT molecular complexity index is 1090. The van der Waals surface area contributed by atoms with Crippen molar-refractivity contribution >= 4 is 22.8 Å². The average Bonchev–Trinajstić information content (AvgIpc) is 2.73. The van der Waals surface area contributed by atoms with E-state index in [9.17, 15) is 9.59 Å². The fraction of sp³-hybridized carbons (Fsp3) is 0.292. The van der Waals surface area contributed by atoms with Crippen LogP contribution in [0.1, 0.15) is 36.7 Å². The van der Waals surface area contributed by atoms with Gasteiger partial charge in [0.25, 0.3) is 0 Å². The van der Waals surface area contributed by atoms with Crippen LogP contribution < -0.4 is 4.74 Å². The van der Waals surface area contributed by atoms with E-state index in [1.54, 1.807) is 44.2 Å². The summed E-state index contributed by atoms with van der Waals surface area (Å²) < 4.78 is 15.8. The number of methoxy groups -OCH3 is 1. The third-order valence-electron chi connectivity index (χ3n) is 4.79. The molecule has 0 saturated carbocycles. The zero-order chi connectivity index (χ0) is 21.9. The third-order valence-corrected chi connectivity index (χ3v) is 4.79. The van der Waals surface area contributed by atoms with Crippen LogP contribution in [0.3, 0.4) is 0 Å². The molecular weight excluding hydrogens is 382 g/mol. The highest BCUT2D eigenvalue weighted by Gasteiger charge is 2.30. The van der Waals surface area contributed by atoms with Crippen LogP contribution in [-0.2, 0) is 14.3 Å². The molecule has 6 heteroatoms. The monoisotopic (exact) mass is 407 g/mol. The maximum absolute atomic E-state index is 12.4. The van der Waals surface area contributed by atoms with E-state index in [-0.39, 0.29) is 0 Å². The molecule has 6 nitrogen and oxygen atoms in total. The van der Waals surface area contributed by atoms with E-state index in [1.165, 1.54) is 7.11 Å². The number of esters is 2. The molecule has 0 aliphatic heterocycles. The van der Waals surface area contributed by atoms with Crippen molar-refractivity contribution in [3.63, 3.8) is 0 Å². The Morgan fingerprint density at radius 3 is 2.40 bits per heavy atom. The summed E-state index contributed by atoms with van der Waals surface area (Å²) in [4.78, 5) is 29.4. The van der Waals surface area contributed by atoms with Gasteiger partial charge < -0.3 is 14.2 Å². The Labute approximate surface area is 175 Å². The highest BCUT2D eigenvalue weighted by Crippen LogP contribution is 2.29. The van der Waals surface area contributed by atoms with Gasteiger partial charge in [-0.15, -0.1) is 0 Å². The molecule has 0 aliphatic carbocycles. The van der Waals surface area contributed by atoms with Gasteiger partial charge in [0.05, 0.1) is 23.9 Å². The van der Waals surface area contributed by atoms with E-state index < -0.39 is 17.5 Å². The number of pyridine rings is 1. The molecule has 3 aromatic rings. The highest BCUT2D eigenvalue weighted by atomic mass is 16.6. The molecule has 0 fully saturated rings. The lowest BCUT2D eigenvalue weighted by molar-refractivity contribution is -0.157. The molecule has 0 unspecified atom stereocenters. The van der Waals surface area contributed by atoms with Gasteiger partial charge in [-0.05, 0) is 63.6 Å². The number of hydrogen-bond donors (Lipinski definition) is 0. The van der Waals surface area contributed by atoms with Crippen LogP contribution in [0, 0.1) is 6.92 Å². The molecule has 0 aliphatic rings. The van der Waals surface area contributed by atoms with Crippen molar-refractivity contribution in [3.05, 3.63) is 59.7 Å². The van der Waals surface area contributed by atoms with Gasteiger partial charge in [-0.1, -0.05) is 18.2 Å². The van der Waals surface area contributed by atoms with E-state index in [4.69, 9.17) is 19.2 Å². The van der Waals surface area contributed by atoms with Gasteiger partial charge in [-0.25, -0.2) is 14.6 Å². The van der Waals surface area contributed by atoms with E-state index in [2.05, 4.69) is 0 Å². The van der Waals surface area contributed by atoms with Crippen molar-refractivity contribution < 1.29 is 23.8 Å². The number of carbonyl (C=O) groups excluding carboxylic acids is 2. The second kappa shape index (κ2) is 8.63. The number of hydrogen-bond acceptors (Lipinski definition) is 6. The lowest BCUT2D eigenvalue weighted by Crippen LogP contribution is -2.38. The number of nitrogens with zero attached hydrogens (tertiary/aromatic N) is 1. The van der Waals surface area contributed by atoms with Crippen LogP contribution in [0.15, 0.2) is 48.5 Å². The first-order valence-electron chi connectivity index (χ1n) is 9.72. The van der Waals surface area contributed by atoms with Crippen LogP contribution in [0.2, 0.25) is 0 Å². The minimum Gasteiger partial charge on any atom is -0.465 e. The molecule has 0 amide bonds. The zero-order valence-electron chi connectivity index (χ0n) is 17.8. The largest absolute Gasteiger partial charge is 0.465 e. The number of benzene rings is 2. The fourth-order valence-electron chi connectivity index (χ4n) is 3.16. The quantitative estimate of drug-likeness (QED) is 0.435. The number of rotatable bonds is 6. The Balaban J connectivity index is 1.98. The second-order valence-electron chi connectivity index (χ2n) is 7.38. The fourth-order valence-corrected chi connectivity index (χ4v) is 3.16. The van der Waals surface area contributed by atoms with Gasteiger partial charge in [-0.3, -0.25) is 0 Å². The predicted molar refractivity (Wildman–Crippen MR) is 115 cm³/mol. The maximum atomic E-state index is 12.4. The molecule has 2 aromatic carbocycles. The smallest absolute Gasteiger partial charge is 0.343 e. The first kappa shape index (κ1) is 21.5. The van der Waals surface area contributed by atoms with Crippen molar-refractivity contribution in [2.24, 2.45) is 0 Å². The summed E-state index contributed by atoms with van der Waals surface area (Å²) in [7, 11) is 1.34. The third kappa shape index (κ3) is 4.33. The van der Waals surface area contributed by atoms with Crippen LogP contribution in [-0.4, -0.2) is 36.2 Å². The Kier molecular flexibility index (Phi) is 6.17. The topological polar surface area (TPSA) is 74.7 Å². The summed E-state index contributed by atoms with van der Waals surface area (Å²) in [6.07, 6.45) is 0. The Morgan fingerprint density at radius 2 is 1.77 bits per heavy atom. The summed E-state index contributed by atoms with van der Waals surface area (Å²) in [5.74, 6) is -0.560. The Hall–Kier alpha value is -3.25. The van der Waals surface area contributed by atoms with Crippen molar-refractivity contribution in [2.45, 2.75) is 33.3 Å². The molecule has 0 bridgehead atoms. The molecule has 0 spiro atoms. The van der Waals surface area contributed by atoms with Crippen LogP contribution >= 0.6 is 0 Å². The highest BCUT2D eigenvalue weighted by molar-refractivity contribution is 6.00. The van der Waals surface area contributed by atoms with E-state index >= 15 is 0 Å². The van der Waals surface area contributed by atoms with E-state index in [1.807, 2.05) is 32.0 Å². The normalized spacial score (nSPS) is 11.4. The molecule has 0 atom stereocenters. The number of ether oxygens (including phenoxy) is 3. The first-order chi connectivity index (χ1) is 14.3. The number of para-hydroxylation sites is 1. The SMILES string of the molecule is CCOC(C)(C)C(=O)Oc1ccc(-c2nc3c(C)cccc3cc2C(=O)OC)cc1. The van der Waals surface area contributed by atoms with Crippen molar-refractivity contribution in [3.8, 4) is 17.0 Å². The molecular formula is C24H25NO5. The summed E-state index contributed by atoms with van der Waals surface area (Å²) in [5.41, 5.74) is 2.38. The standard InChI is InChI=1S/C24H25NO5/c1-6-29-24(3,4)23(27)30-18-12-10-16(11-13-18)21-19(22(26)28-5)14-17-9-7-8-15(2)20(17)25-21/h7-14H,6H2,1-5H3. The first-order valence-corrected chi connectivity index (χ1v) is 9.72. The van der Waals surface area contributed by atoms with E-state index in [0.717, 1.165) is 16.5 Å². The lowest BCUT2D eigenvalue weighted by atomic mass is 10.0. The number of aryl methyl sites for hydroxylation is 1. The van der Waals surface area contributed by atoms with E-state index in [0.29, 0.717) is 29.2 Å². The summed E-state index contributed by atoms with van der Waals surface area (Å²) >= 11 is 0.